The summed E-state index contributed by atoms with van der Waals surface area (Å²) in [5, 5.41) is 14.5. The van der Waals surface area contributed by atoms with E-state index in [0.29, 0.717) is 21.4 Å². The average molecular weight is 351 g/mol. The number of anilines is 1. The normalized spacial score (nSPS) is 11.3. The fourth-order valence-electron chi connectivity index (χ4n) is 1.79. The summed E-state index contributed by atoms with van der Waals surface area (Å²) >= 11 is 3.16. The minimum Gasteiger partial charge on any atom is -0.411 e. The van der Waals surface area contributed by atoms with Gasteiger partial charge in [0.2, 0.25) is 0 Å². The smallest absolute Gasteiger partial charge is 0.259 e. The molecule has 6 heteroatoms. The lowest BCUT2D eigenvalue weighted by Gasteiger charge is -2.09. The van der Waals surface area contributed by atoms with E-state index in [9.17, 15) is 9.18 Å². The summed E-state index contributed by atoms with van der Waals surface area (Å²) in [5.74, 6) is -1.16. The Morgan fingerprint density at radius 1 is 1.29 bits per heavy atom. The second-order valence-corrected chi connectivity index (χ2v) is 5.17. The summed E-state index contributed by atoms with van der Waals surface area (Å²) in [6.07, 6.45) is 0. The van der Waals surface area contributed by atoms with Gasteiger partial charge in [0.1, 0.15) is 5.82 Å². The Balaban J connectivity index is 2.28. The first-order chi connectivity index (χ1) is 10.0. The molecule has 1 amide bonds. The van der Waals surface area contributed by atoms with Crippen LogP contribution in [-0.2, 0) is 0 Å². The minimum absolute atomic E-state index is 0.0598. The lowest BCUT2D eigenvalue weighted by Crippen LogP contribution is -2.14. The van der Waals surface area contributed by atoms with Crippen LogP contribution in [0.4, 0.5) is 10.1 Å². The van der Waals surface area contributed by atoms with E-state index in [2.05, 4.69) is 26.4 Å². The number of rotatable bonds is 3. The van der Waals surface area contributed by atoms with Gasteiger partial charge in [-0.15, -0.1) is 0 Å². The standard InChI is InChI=1S/C15H12BrFN2O2/c1-9(19-21)10-4-2-5-11(8-10)18-15(20)14-12(16)6-3-7-13(14)17/h2-8,21H,1H3,(H,18,20)/b19-9-. The van der Waals surface area contributed by atoms with Crippen LogP contribution in [-0.4, -0.2) is 16.8 Å². The van der Waals surface area contributed by atoms with Gasteiger partial charge in [0.05, 0.1) is 11.3 Å². The molecule has 0 spiro atoms. The maximum absolute atomic E-state index is 13.7. The van der Waals surface area contributed by atoms with E-state index < -0.39 is 11.7 Å². The summed E-state index contributed by atoms with van der Waals surface area (Å²) in [7, 11) is 0. The van der Waals surface area contributed by atoms with Gasteiger partial charge in [0.15, 0.2) is 0 Å². The molecule has 0 aromatic heterocycles. The van der Waals surface area contributed by atoms with E-state index in [1.807, 2.05) is 0 Å². The summed E-state index contributed by atoms with van der Waals surface area (Å²) in [6, 6.07) is 11.1. The van der Waals surface area contributed by atoms with E-state index in [0.717, 1.165) is 0 Å². The summed E-state index contributed by atoms with van der Waals surface area (Å²) in [5.41, 5.74) is 1.49. The number of hydrogen-bond acceptors (Lipinski definition) is 3. The van der Waals surface area contributed by atoms with Crippen molar-refractivity contribution in [3.05, 3.63) is 63.9 Å². The number of hydrogen-bond donors (Lipinski definition) is 2. The topological polar surface area (TPSA) is 61.7 Å². The number of nitrogens with one attached hydrogen (secondary N) is 1. The molecule has 0 aliphatic heterocycles. The second-order valence-electron chi connectivity index (χ2n) is 4.32. The molecule has 21 heavy (non-hydrogen) atoms. The number of oxime groups is 1. The Morgan fingerprint density at radius 3 is 2.67 bits per heavy atom. The fourth-order valence-corrected chi connectivity index (χ4v) is 2.31. The molecule has 0 saturated carbocycles. The van der Waals surface area contributed by atoms with E-state index in [1.165, 1.54) is 12.1 Å². The van der Waals surface area contributed by atoms with Gasteiger partial charge in [-0.1, -0.05) is 23.4 Å². The highest BCUT2D eigenvalue weighted by Crippen LogP contribution is 2.21. The molecule has 4 nitrogen and oxygen atoms in total. The SMILES string of the molecule is C/C(=N/O)c1cccc(NC(=O)c2c(F)cccc2Br)c1. The predicted molar refractivity (Wildman–Crippen MR) is 82.5 cm³/mol. The molecule has 108 valence electrons. The van der Waals surface area contributed by atoms with Crippen molar-refractivity contribution in [2.24, 2.45) is 5.16 Å². The quantitative estimate of drug-likeness (QED) is 0.498. The first-order valence-corrected chi connectivity index (χ1v) is 6.86. The zero-order valence-electron chi connectivity index (χ0n) is 11.1. The Hall–Kier alpha value is -2.21. The van der Waals surface area contributed by atoms with Crippen molar-refractivity contribution in [2.45, 2.75) is 6.92 Å². The van der Waals surface area contributed by atoms with Gasteiger partial charge in [-0.05, 0) is 47.1 Å². The molecular formula is C15H12BrFN2O2. The van der Waals surface area contributed by atoms with Gasteiger partial charge >= 0.3 is 0 Å². The summed E-state index contributed by atoms with van der Waals surface area (Å²) in [6.45, 7) is 1.63. The number of nitrogens with zero attached hydrogens (tertiary/aromatic N) is 1. The van der Waals surface area contributed by atoms with Crippen LogP contribution in [0.2, 0.25) is 0 Å². The van der Waals surface area contributed by atoms with Gasteiger partial charge in [-0.3, -0.25) is 4.79 Å². The third kappa shape index (κ3) is 3.46. The molecular weight excluding hydrogens is 339 g/mol. The van der Waals surface area contributed by atoms with E-state index in [4.69, 9.17) is 5.21 Å². The lowest BCUT2D eigenvalue weighted by atomic mass is 10.1. The molecule has 0 bridgehead atoms. The molecule has 2 aromatic carbocycles. The number of benzene rings is 2. The second kappa shape index (κ2) is 6.49. The first kappa shape index (κ1) is 15.2. The predicted octanol–water partition coefficient (Wildman–Crippen LogP) is 4.04. The van der Waals surface area contributed by atoms with Gasteiger partial charge < -0.3 is 10.5 Å². The Bertz CT molecular complexity index is 696. The number of halogens is 2. The fraction of sp³-hybridized carbons (Fsp3) is 0.0667. The van der Waals surface area contributed by atoms with Crippen LogP contribution in [0.5, 0.6) is 0 Å². The first-order valence-electron chi connectivity index (χ1n) is 6.07. The van der Waals surface area contributed by atoms with Crippen LogP contribution in [0.3, 0.4) is 0 Å². The summed E-state index contributed by atoms with van der Waals surface area (Å²) < 4.78 is 14.1. The van der Waals surface area contributed by atoms with Crippen molar-refractivity contribution in [1.82, 2.24) is 0 Å². The van der Waals surface area contributed by atoms with Crippen LogP contribution < -0.4 is 5.32 Å². The zero-order valence-corrected chi connectivity index (χ0v) is 12.7. The Morgan fingerprint density at radius 2 is 2.00 bits per heavy atom. The van der Waals surface area contributed by atoms with Gasteiger partial charge in [0.25, 0.3) is 5.91 Å². The largest absolute Gasteiger partial charge is 0.411 e. The van der Waals surface area contributed by atoms with E-state index >= 15 is 0 Å². The molecule has 0 aliphatic rings. The highest BCUT2D eigenvalue weighted by Gasteiger charge is 2.15. The van der Waals surface area contributed by atoms with E-state index in [1.54, 1.807) is 37.3 Å². The molecule has 0 atom stereocenters. The highest BCUT2D eigenvalue weighted by atomic mass is 79.9. The maximum atomic E-state index is 13.7. The van der Waals surface area contributed by atoms with Crippen molar-refractivity contribution in [1.29, 1.82) is 0 Å². The summed E-state index contributed by atoms with van der Waals surface area (Å²) in [4.78, 5) is 12.1. The van der Waals surface area contributed by atoms with Crippen LogP contribution in [0.15, 0.2) is 52.1 Å². The Labute approximate surface area is 129 Å². The van der Waals surface area contributed by atoms with Crippen molar-refractivity contribution in [3.63, 3.8) is 0 Å². The molecule has 0 aliphatic carbocycles. The van der Waals surface area contributed by atoms with Crippen molar-refractivity contribution >= 4 is 33.2 Å². The number of carbonyl (C=O) groups is 1. The molecule has 0 fully saturated rings. The van der Waals surface area contributed by atoms with Crippen molar-refractivity contribution in [2.75, 3.05) is 5.32 Å². The van der Waals surface area contributed by atoms with Gasteiger partial charge in [0, 0.05) is 15.7 Å². The monoisotopic (exact) mass is 350 g/mol. The van der Waals surface area contributed by atoms with Crippen LogP contribution in [0.25, 0.3) is 0 Å². The highest BCUT2D eigenvalue weighted by molar-refractivity contribution is 9.10. The van der Waals surface area contributed by atoms with Crippen molar-refractivity contribution < 1.29 is 14.4 Å². The minimum atomic E-state index is -0.605. The molecule has 0 heterocycles. The molecule has 0 unspecified atom stereocenters. The number of carbonyl (C=O) groups excluding carboxylic acids is 1. The molecule has 0 radical (unpaired) electrons. The third-order valence-electron chi connectivity index (χ3n) is 2.88. The van der Waals surface area contributed by atoms with Crippen molar-refractivity contribution in [3.8, 4) is 0 Å². The molecule has 2 N–H and O–H groups in total. The molecule has 2 rings (SSSR count). The zero-order chi connectivity index (χ0) is 15.4. The third-order valence-corrected chi connectivity index (χ3v) is 3.54. The van der Waals surface area contributed by atoms with E-state index in [-0.39, 0.29) is 5.56 Å². The lowest BCUT2D eigenvalue weighted by molar-refractivity contribution is 0.102. The maximum Gasteiger partial charge on any atom is 0.259 e. The molecule has 0 saturated heterocycles. The Kier molecular flexibility index (Phi) is 4.70. The van der Waals surface area contributed by atoms with Crippen LogP contribution in [0.1, 0.15) is 22.8 Å². The van der Waals surface area contributed by atoms with Crippen LogP contribution >= 0.6 is 15.9 Å². The van der Waals surface area contributed by atoms with Gasteiger partial charge in [-0.2, -0.15) is 0 Å². The number of amides is 1. The molecule has 2 aromatic rings. The van der Waals surface area contributed by atoms with Crippen LogP contribution in [0, 0.1) is 5.82 Å². The van der Waals surface area contributed by atoms with Gasteiger partial charge in [-0.25, -0.2) is 4.39 Å². The average Bonchev–Trinajstić information content (AvgIpc) is 2.46.